The minimum Gasteiger partial charge on any atom is -0.411 e. The summed E-state index contributed by atoms with van der Waals surface area (Å²) >= 11 is 0. The Kier molecular flexibility index (Phi) is 4.03. The second-order valence-electron chi connectivity index (χ2n) is 3.01. The van der Waals surface area contributed by atoms with E-state index in [1.54, 1.807) is 0 Å². The van der Waals surface area contributed by atoms with Crippen LogP contribution in [-0.4, -0.2) is 10.9 Å². The number of oxime groups is 1. The van der Waals surface area contributed by atoms with Gasteiger partial charge >= 0.3 is 0 Å². The van der Waals surface area contributed by atoms with E-state index in [1.165, 1.54) is 5.56 Å². The molecule has 0 unspecified atom stereocenters. The lowest BCUT2D eigenvalue weighted by Crippen LogP contribution is -1.98. The SMILES string of the molecule is CCC(CCc1ccccc1)=NO. The zero-order valence-corrected chi connectivity index (χ0v) is 7.90. The Hall–Kier alpha value is -1.31. The minimum atomic E-state index is 0.823. The lowest BCUT2D eigenvalue weighted by molar-refractivity contribution is 0.316. The standard InChI is InChI=1S/C11H15NO/c1-2-11(12-13)9-8-10-6-4-3-5-7-10/h3-7,13H,2,8-9H2,1H3. The molecular formula is C11H15NO. The first kappa shape index (κ1) is 9.78. The van der Waals surface area contributed by atoms with Crippen molar-refractivity contribution in [2.24, 2.45) is 5.16 Å². The molecule has 70 valence electrons. The fourth-order valence-electron chi connectivity index (χ4n) is 1.23. The van der Waals surface area contributed by atoms with Crippen molar-refractivity contribution in [2.45, 2.75) is 26.2 Å². The van der Waals surface area contributed by atoms with E-state index in [4.69, 9.17) is 5.21 Å². The molecule has 0 fully saturated rings. The molecule has 0 heterocycles. The van der Waals surface area contributed by atoms with Gasteiger partial charge in [-0.2, -0.15) is 0 Å². The fourth-order valence-corrected chi connectivity index (χ4v) is 1.23. The van der Waals surface area contributed by atoms with Crippen molar-refractivity contribution in [3.63, 3.8) is 0 Å². The van der Waals surface area contributed by atoms with Gasteiger partial charge < -0.3 is 5.21 Å². The molecule has 0 spiro atoms. The van der Waals surface area contributed by atoms with Crippen LogP contribution in [0.5, 0.6) is 0 Å². The number of aryl methyl sites for hydroxylation is 1. The minimum absolute atomic E-state index is 0.823. The van der Waals surface area contributed by atoms with Gasteiger partial charge in [0, 0.05) is 0 Å². The van der Waals surface area contributed by atoms with Crippen molar-refractivity contribution in [2.75, 3.05) is 0 Å². The molecule has 0 bridgehead atoms. The van der Waals surface area contributed by atoms with E-state index in [9.17, 15) is 0 Å². The molecule has 1 aromatic rings. The maximum Gasteiger partial charge on any atom is 0.0571 e. The summed E-state index contributed by atoms with van der Waals surface area (Å²) in [4.78, 5) is 0. The topological polar surface area (TPSA) is 32.6 Å². The summed E-state index contributed by atoms with van der Waals surface area (Å²) in [6.45, 7) is 2.00. The monoisotopic (exact) mass is 177 g/mol. The van der Waals surface area contributed by atoms with Crippen LogP contribution in [0.2, 0.25) is 0 Å². The molecule has 0 aromatic heterocycles. The van der Waals surface area contributed by atoms with Crippen LogP contribution >= 0.6 is 0 Å². The molecule has 1 rings (SSSR count). The summed E-state index contributed by atoms with van der Waals surface area (Å²) in [6, 6.07) is 10.2. The van der Waals surface area contributed by atoms with Gasteiger partial charge in [0.15, 0.2) is 0 Å². The van der Waals surface area contributed by atoms with Crippen LogP contribution in [0.3, 0.4) is 0 Å². The van der Waals surface area contributed by atoms with Crippen LogP contribution < -0.4 is 0 Å². The molecular weight excluding hydrogens is 162 g/mol. The van der Waals surface area contributed by atoms with E-state index < -0.39 is 0 Å². The molecule has 2 heteroatoms. The number of rotatable bonds is 4. The highest BCUT2D eigenvalue weighted by atomic mass is 16.4. The van der Waals surface area contributed by atoms with E-state index in [-0.39, 0.29) is 0 Å². The average Bonchev–Trinajstić information content (AvgIpc) is 2.21. The Morgan fingerprint density at radius 3 is 2.54 bits per heavy atom. The quantitative estimate of drug-likeness (QED) is 0.428. The highest BCUT2D eigenvalue weighted by Crippen LogP contribution is 2.04. The van der Waals surface area contributed by atoms with Crippen LogP contribution in [0, 0.1) is 0 Å². The van der Waals surface area contributed by atoms with Crippen LogP contribution in [0.25, 0.3) is 0 Å². The maximum atomic E-state index is 8.59. The van der Waals surface area contributed by atoms with Crippen LogP contribution in [0.4, 0.5) is 0 Å². The van der Waals surface area contributed by atoms with Gasteiger partial charge in [0.05, 0.1) is 5.71 Å². The third-order valence-electron chi connectivity index (χ3n) is 2.09. The first-order chi connectivity index (χ1) is 6.36. The first-order valence-electron chi connectivity index (χ1n) is 4.60. The largest absolute Gasteiger partial charge is 0.411 e. The van der Waals surface area contributed by atoms with Crippen LogP contribution in [-0.2, 0) is 6.42 Å². The third-order valence-corrected chi connectivity index (χ3v) is 2.09. The third kappa shape index (κ3) is 3.28. The molecule has 1 aromatic carbocycles. The molecule has 0 saturated heterocycles. The van der Waals surface area contributed by atoms with E-state index >= 15 is 0 Å². The number of benzene rings is 1. The Bertz CT molecular complexity index is 267. The van der Waals surface area contributed by atoms with E-state index in [2.05, 4.69) is 17.3 Å². The molecule has 0 aliphatic carbocycles. The predicted octanol–water partition coefficient (Wildman–Crippen LogP) is 2.86. The summed E-state index contributed by atoms with van der Waals surface area (Å²) in [5.41, 5.74) is 2.15. The predicted molar refractivity (Wildman–Crippen MR) is 54.3 cm³/mol. The van der Waals surface area contributed by atoms with Crippen molar-refractivity contribution in [1.29, 1.82) is 0 Å². The highest BCUT2D eigenvalue weighted by Gasteiger charge is 1.97. The second kappa shape index (κ2) is 5.36. The summed E-state index contributed by atoms with van der Waals surface area (Å²) in [5, 5.41) is 11.8. The Labute approximate surface area is 78.9 Å². The molecule has 1 N–H and O–H groups in total. The Balaban J connectivity index is 2.43. The van der Waals surface area contributed by atoms with Gasteiger partial charge in [-0.25, -0.2) is 0 Å². The number of hydrogen-bond donors (Lipinski definition) is 1. The van der Waals surface area contributed by atoms with Gasteiger partial charge in [-0.15, -0.1) is 0 Å². The van der Waals surface area contributed by atoms with Gasteiger partial charge in [0.2, 0.25) is 0 Å². The zero-order valence-electron chi connectivity index (χ0n) is 7.90. The molecule has 0 aliphatic rings. The molecule has 0 aliphatic heterocycles. The second-order valence-corrected chi connectivity index (χ2v) is 3.01. The van der Waals surface area contributed by atoms with Gasteiger partial charge in [-0.1, -0.05) is 42.4 Å². The smallest absolute Gasteiger partial charge is 0.0571 e. The summed E-state index contributed by atoms with van der Waals surface area (Å²) < 4.78 is 0. The Morgan fingerprint density at radius 2 is 2.00 bits per heavy atom. The number of hydrogen-bond acceptors (Lipinski definition) is 2. The lowest BCUT2D eigenvalue weighted by atomic mass is 10.1. The van der Waals surface area contributed by atoms with Crippen LogP contribution in [0.15, 0.2) is 35.5 Å². The summed E-state index contributed by atoms with van der Waals surface area (Å²) in [5.74, 6) is 0. The highest BCUT2D eigenvalue weighted by molar-refractivity contribution is 5.83. The van der Waals surface area contributed by atoms with Gasteiger partial charge in [-0.05, 0) is 24.8 Å². The molecule has 0 amide bonds. The first-order valence-corrected chi connectivity index (χ1v) is 4.60. The van der Waals surface area contributed by atoms with E-state index in [1.807, 2.05) is 25.1 Å². The Morgan fingerprint density at radius 1 is 1.31 bits per heavy atom. The molecule has 13 heavy (non-hydrogen) atoms. The molecule has 0 atom stereocenters. The van der Waals surface area contributed by atoms with Crippen molar-refractivity contribution >= 4 is 5.71 Å². The van der Waals surface area contributed by atoms with Crippen molar-refractivity contribution < 1.29 is 5.21 Å². The summed E-state index contributed by atoms with van der Waals surface area (Å²) in [7, 11) is 0. The van der Waals surface area contributed by atoms with Crippen LogP contribution in [0.1, 0.15) is 25.3 Å². The fraction of sp³-hybridized carbons (Fsp3) is 0.364. The van der Waals surface area contributed by atoms with Crippen molar-refractivity contribution in [3.8, 4) is 0 Å². The van der Waals surface area contributed by atoms with Gasteiger partial charge in [0.1, 0.15) is 0 Å². The lowest BCUT2D eigenvalue weighted by Gasteiger charge is -2.01. The summed E-state index contributed by atoms with van der Waals surface area (Å²) in [6.07, 6.45) is 2.62. The van der Waals surface area contributed by atoms with Gasteiger partial charge in [0.25, 0.3) is 0 Å². The van der Waals surface area contributed by atoms with Crippen molar-refractivity contribution in [1.82, 2.24) is 0 Å². The van der Waals surface area contributed by atoms with E-state index in [0.717, 1.165) is 25.0 Å². The molecule has 2 nitrogen and oxygen atoms in total. The molecule has 0 saturated carbocycles. The maximum absolute atomic E-state index is 8.59. The van der Waals surface area contributed by atoms with Crippen molar-refractivity contribution in [3.05, 3.63) is 35.9 Å². The molecule has 0 radical (unpaired) electrons. The van der Waals surface area contributed by atoms with E-state index in [0.29, 0.717) is 0 Å². The average molecular weight is 177 g/mol. The number of nitrogens with zero attached hydrogens (tertiary/aromatic N) is 1. The zero-order chi connectivity index (χ0) is 9.52. The normalized spacial score (nSPS) is 11.6. The van der Waals surface area contributed by atoms with Gasteiger partial charge in [-0.3, -0.25) is 0 Å².